The van der Waals surface area contributed by atoms with Crippen LogP contribution in [0, 0.1) is 0 Å². The average molecular weight is 618 g/mol. The minimum atomic E-state index is -0.484. The van der Waals surface area contributed by atoms with Gasteiger partial charge in [-0.1, -0.05) is 121 Å². The second-order valence-corrected chi connectivity index (χ2v) is 12.3. The van der Waals surface area contributed by atoms with E-state index in [1.165, 1.54) is 0 Å². The lowest BCUT2D eigenvalue weighted by Gasteiger charge is -2.14. The number of benzene rings is 9. The molecule has 0 saturated heterocycles. The standard InChI is InChI=1S/C46H28N2/c1-2-13-30(14-3-1)47-43-25-22-29-12-4-5-15-32(29)46(43)41-27-40-38-20-10-11-21-42(38)48(44(40)28-45(41)47)31-23-24-37-35-18-7-6-16-33(35)34-17-8-9-19-36(34)39(37)26-31/h1-28H/i1D,2D,3D,10D,11D,13D,14D,20D,21D. The van der Waals surface area contributed by atoms with Crippen LogP contribution in [0.3, 0.4) is 0 Å². The maximum Gasteiger partial charge on any atom is 0.0645 e. The van der Waals surface area contributed by atoms with Gasteiger partial charge in [-0.05, 0) is 91.5 Å². The number of hydrogen-bond donors (Lipinski definition) is 0. The number of nitrogens with zero attached hydrogens (tertiary/aromatic N) is 2. The lowest BCUT2D eigenvalue weighted by atomic mass is 9.94. The summed E-state index contributed by atoms with van der Waals surface area (Å²) in [5, 5.41) is 10.7. The van der Waals surface area contributed by atoms with Crippen molar-refractivity contribution >= 4 is 86.7 Å². The number of hydrogen-bond acceptors (Lipinski definition) is 0. The van der Waals surface area contributed by atoms with Crippen molar-refractivity contribution in [1.82, 2.24) is 9.13 Å². The van der Waals surface area contributed by atoms with E-state index in [1.807, 2.05) is 83.4 Å². The van der Waals surface area contributed by atoms with Gasteiger partial charge in [-0.25, -0.2) is 0 Å². The third kappa shape index (κ3) is 3.41. The number of rotatable bonds is 2. The molecule has 0 aliphatic heterocycles. The molecule has 222 valence electrons. The molecule has 0 atom stereocenters. The Morgan fingerprint density at radius 2 is 0.938 bits per heavy atom. The molecule has 11 aromatic rings. The maximum absolute atomic E-state index is 9.31. The fourth-order valence-electron chi connectivity index (χ4n) is 7.89. The monoisotopic (exact) mass is 617 g/mol. The Balaban J connectivity index is 1.37. The summed E-state index contributed by atoms with van der Waals surface area (Å²) in [4.78, 5) is 0. The number of fused-ring (bicyclic) bond motifs is 14. The Hall–Kier alpha value is -6.38. The molecule has 0 radical (unpaired) electrons. The molecule has 0 fully saturated rings. The van der Waals surface area contributed by atoms with E-state index in [0.717, 1.165) is 48.5 Å². The minimum Gasteiger partial charge on any atom is -0.309 e. The van der Waals surface area contributed by atoms with E-state index in [4.69, 9.17) is 9.60 Å². The zero-order valence-electron chi connectivity index (χ0n) is 34.4. The zero-order chi connectivity index (χ0) is 39.2. The summed E-state index contributed by atoms with van der Waals surface area (Å²) in [6.07, 6.45) is 0. The normalized spacial score (nSPS) is 14.8. The second kappa shape index (κ2) is 9.57. The molecule has 0 spiro atoms. The van der Waals surface area contributed by atoms with Gasteiger partial charge in [0.25, 0.3) is 0 Å². The van der Waals surface area contributed by atoms with Gasteiger partial charge >= 0.3 is 0 Å². The molecule has 0 aliphatic carbocycles. The molecule has 0 amide bonds. The molecular weight excluding hydrogens is 581 g/mol. The van der Waals surface area contributed by atoms with Crippen molar-refractivity contribution in [3.05, 3.63) is 170 Å². The summed E-state index contributed by atoms with van der Waals surface area (Å²) in [6, 6.07) is 35.1. The first kappa shape index (κ1) is 18.7. The highest BCUT2D eigenvalue weighted by molar-refractivity contribution is 6.27. The van der Waals surface area contributed by atoms with E-state index in [-0.39, 0.29) is 41.9 Å². The SMILES string of the molecule is [2H]c1c([2H])c([2H])c(-n2c3cc4c(cc3c3c5ccccc5ccc32)c2c([2H])c([2H])c([2H])c([2H])c2n4-c2ccc3c4ccccc4c4ccccc4c3c2)c([2H])c1[2H]. The van der Waals surface area contributed by atoms with E-state index in [2.05, 4.69) is 36.4 Å². The van der Waals surface area contributed by atoms with Crippen molar-refractivity contribution in [3.63, 3.8) is 0 Å². The van der Waals surface area contributed by atoms with Gasteiger partial charge < -0.3 is 9.13 Å². The van der Waals surface area contributed by atoms with Gasteiger partial charge in [0, 0.05) is 32.9 Å². The zero-order valence-corrected chi connectivity index (χ0v) is 25.4. The summed E-state index contributed by atoms with van der Waals surface area (Å²) in [6.45, 7) is 0. The van der Waals surface area contributed by atoms with E-state index in [9.17, 15) is 2.74 Å². The molecule has 2 aromatic heterocycles. The molecule has 9 aromatic carbocycles. The van der Waals surface area contributed by atoms with Gasteiger partial charge in [0.2, 0.25) is 0 Å². The van der Waals surface area contributed by atoms with Crippen LogP contribution in [0.15, 0.2) is 170 Å². The van der Waals surface area contributed by atoms with E-state index < -0.39 is 18.1 Å². The molecule has 0 bridgehead atoms. The largest absolute Gasteiger partial charge is 0.309 e. The first-order chi connectivity index (χ1) is 27.6. The predicted octanol–water partition coefficient (Wildman–Crippen LogP) is 12.5. The third-order valence-corrected chi connectivity index (χ3v) is 9.87. The van der Waals surface area contributed by atoms with Gasteiger partial charge in [-0.15, -0.1) is 0 Å². The maximum atomic E-state index is 9.31. The third-order valence-electron chi connectivity index (χ3n) is 9.87. The van der Waals surface area contributed by atoms with Crippen molar-refractivity contribution in [2.75, 3.05) is 0 Å². The summed E-state index contributed by atoms with van der Waals surface area (Å²) in [7, 11) is 0. The van der Waals surface area contributed by atoms with Gasteiger partial charge in [0.05, 0.1) is 34.4 Å². The first-order valence-corrected chi connectivity index (χ1v) is 15.9. The van der Waals surface area contributed by atoms with Crippen molar-refractivity contribution in [1.29, 1.82) is 0 Å². The molecular formula is C46H28N2. The summed E-state index contributed by atoms with van der Waals surface area (Å²) in [5.74, 6) is 0. The van der Waals surface area contributed by atoms with Crippen LogP contribution in [0.1, 0.15) is 12.3 Å². The molecule has 2 nitrogen and oxygen atoms in total. The number of aromatic nitrogens is 2. The molecule has 0 saturated carbocycles. The van der Waals surface area contributed by atoms with Crippen LogP contribution in [0.5, 0.6) is 0 Å². The Bertz CT molecular complexity index is 3570. The highest BCUT2D eigenvalue weighted by Gasteiger charge is 2.20. The Morgan fingerprint density at radius 3 is 1.71 bits per heavy atom. The van der Waals surface area contributed by atoms with Crippen LogP contribution in [-0.4, -0.2) is 9.13 Å². The molecule has 0 aliphatic rings. The van der Waals surface area contributed by atoms with Crippen molar-refractivity contribution in [3.8, 4) is 11.4 Å². The molecule has 2 heteroatoms. The topological polar surface area (TPSA) is 9.86 Å². The minimum absolute atomic E-state index is 0.00611. The van der Waals surface area contributed by atoms with E-state index in [0.29, 0.717) is 43.9 Å². The fourth-order valence-corrected chi connectivity index (χ4v) is 7.89. The van der Waals surface area contributed by atoms with Crippen molar-refractivity contribution < 1.29 is 12.3 Å². The molecule has 0 unspecified atom stereocenters. The van der Waals surface area contributed by atoms with Crippen molar-refractivity contribution in [2.45, 2.75) is 0 Å². The highest BCUT2D eigenvalue weighted by Crippen LogP contribution is 2.43. The Morgan fingerprint density at radius 1 is 0.333 bits per heavy atom. The quantitative estimate of drug-likeness (QED) is 0.171. The molecule has 11 rings (SSSR count). The molecule has 48 heavy (non-hydrogen) atoms. The van der Waals surface area contributed by atoms with Gasteiger partial charge in [0.15, 0.2) is 0 Å². The van der Waals surface area contributed by atoms with Crippen LogP contribution in [-0.2, 0) is 0 Å². The number of para-hydroxylation sites is 2. The average Bonchev–Trinajstić information content (AvgIpc) is 3.75. The molecule has 2 heterocycles. The van der Waals surface area contributed by atoms with Gasteiger partial charge in [-0.2, -0.15) is 0 Å². The van der Waals surface area contributed by atoms with Crippen LogP contribution >= 0.6 is 0 Å². The first-order valence-electron chi connectivity index (χ1n) is 20.4. The van der Waals surface area contributed by atoms with Gasteiger partial charge in [-0.3, -0.25) is 0 Å². The van der Waals surface area contributed by atoms with Crippen LogP contribution in [0.2, 0.25) is 0 Å². The van der Waals surface area contributed by atoms with Crippen LogP contribution in [0.25, 0.3) is 98.1 Å². The Kier molecular flexibility index (Phi) is 3.73. The van der Waals surface area contributed by atoms with Gasteiger partial charge in [0.1, 0.15) is 0 Å². The lowest BCUT2D eigenvalue weighted by Crippen LogP contribution is -1.96. The van der Waals surface area contributed by atoms with E-state index in [1.54, 1.807) is 4.57 Å². The second-order valence-electron chi connectivity index (χ2n) is 12.3. The Labute approximate surface area is 288 Å². The predicted molar refractivity (Wildman–Crippen MR) is 205 cm³/mol. The van der Waals surface area contributed by atoms with Crippen LogP contribution < -0.4 is 0 Å². The fraction of sp³-hybridized carbons (Fsp3) is 0. The van der Waals surface area contributed by atoms with Crippen molar-refractivity contribution in [2.24, 2.45) is 0 Å². The smallest absolute Gasteiger partial charge is 0.0645 e. The summed E-state index contributed by atoms with van der Waals surface area (Å²) in [5.41, 5.74) is 2.78. The van der Waals surface area contributed by atoms with Crippen LogP contribution in [0.4, 0.5) is 0 Å². The molecule has 0 N–H and O–H groups in total. The van der Waals surface area contributed by atoms with E-state index >= 15 is 0 Å². The highest BCUT2D eigenvalue weighted by atomic mass is 15.0. The summed E-state index contributed by atoms with van der Waals surface area (Å²) >= 11 is 0. The lowest BCUT2D eigenvalue weighted by molar-refractivity contribution is 1.17. The summed E-state index contributed by atoms with van der Waals surface area (Å²) < 4.78 is 83.4.